The van der Waals surface area contributed by atoms with Crippen molar-refractivity contribution in [3.05, 3.63) is 29.4 Å². The van der Waals surface area contributed by atoms with Crippen molar-refractivity contribution in [2.45, 2.75) is 51.6 Å². The number of aryl methyl sites for hydroxylation is 1. The summed E-state index contributed by atoms with van der Waals surface area (Å²) in [5.74, 6) is -3.30. The van der Waals surface area contributed by atoms with Crippen molar-refractivity contribution < 1.29 is 41.2 Å². The number of nitrogens with zero attached hydrogens (tertiary/aromatic N) is 3. The molecular weight excluding hydrogens is 490 g/mol. The van der Waals surface area contributed by atoms with E-state index in [1.54, 1.807) is 13.8 Å². The van der Waals surface area contributed by atoms with Crippen LogP contribution < -0.4 is 15.5 Å². The number of barbiturate groups is 1. The fraction of sp³-hybridized carbons (Fsp3) is 0.500. The molecule has 2 fully saturated rings. The van der Waals surface area contributed by atoms with E-state index in [2.05, 4.69) is 20.8 Å². The molecule has 2 saturated heterocycles. The Bertz CT molecular complexity index is 1260. The minimum absolute atomic E-state index is 0.0767. The third-order valence-electron chi connectivity index (χ3n) is 6.84. The predicted octanol–water partition coefficient (Wildman–Crippen LogP) is 2.25. The molecule has 3 atom stereocenters. The van der Waals surface area contributed by atoms with Gasteiger partial charge in [-0.1, -0.05) is 19.0 Å². The van der Waals surface area contributed by atoms with Gasteiger partial charge >= 0.3 is 12.2 Å². The monoisotopic (exact) mass is 511 g/mol. The van der Waals surface area contributed by atoms with Gasteiger partial charge in [-0.25, -0.2) is 9.18 Å². The zero-order valence-electron chi connectivity index (χ0n) is 19.3. The molecule has 36 heavy (non-hydrogen) atoms. The Labute approximate surface area is 201 Å². The summed E-state index contributed by atoms with van der Waals surface area (Å²) < 4.78 is 67.2. The first-order valence-electron chi connectivity index (χ1n) is 11.1. The van der Waals surface area contributed by atoms with E-state index in [-0.39, 0.29) is 35.0 Å². The van der Waals surface area contributed by atoms with E-state index < -0.39 is 66.0 Å². The molecule has 14 heteroatoms. The summed E-state index contributed by atoms with van der Waals surface area (Å²) in [7, 11) is 0. The van der Waals surface area contributed by atoms with E-state index in [1.165, 1.54) is 17.9 Å². The summed E-state index contributed by atoms with van der Waals surface area (Å²) in [5.41, 5.74) is -1.87. The van der Waals surface area contributed by atoms with Crippen molar-refractivity contribution in [2.24, 2.45) is 11.3 Å². The number of urea groups is 1. The molecule has 4 heterocycles. The van der Waals surface area contributed by atoms with Gasteiger partial charge in [0.15, 0.2) is 11.5 Å². The van der Waals surface area contributed by atoms with Gasteiger partial charge in [-0.2, -0.15) is 18.2 Å². The fourth-order valence-corrected chi connectivity index (χ4v) is 5.27. The summed E-state index contributed by atoms with van der Waals surface area (Å²) >= 11 is 0. The molecule has 1 spiro atoms. The highest BCUT2D eigenvalue weighted by Gasteiger charge is 2.65. The Hall–Kier alpha value is -3.55. The third-order valence-corrected chi connectivity index (χ3v) is 6.84. The Kier molecular flexibility index (Phi) is 5.36. The minimum atomic E-state index is -4.77. The molecule has 192 valence electrons. The largest absolute Gasteiger partial charge is 0.416 e. The summed E-state index contributed by atoms with van der Waals surface area (Å²) in [6.45, 7) is 3.89. The van der Waals surface area contributed by atoms with Gasteiger partial charge in [-0.05, 0) is 30.0 Å². The number of imide groups is 2. The van der Waals surface area contributed by atoms with Crippen LogP contribution in [-0.2, 0) is 20.7 Å². The molecule has 0 aliphatic carbocycles. The average molecular weight is 511 g/mol. The van der Waals surface area contributed by atoms with Gasteiger partial charge in [0.2, 0.25) is 23.5 Å². The number of morpholine rings is 1. The molecule has 1 aromatic heterocycles. The summed E-state index contributed by atoms with van der Waals surface area (Å²) in [6, 6.07) is 0.0260. The van der Waals surface area contributed by atoms with Crippen LogP contribution in [0.4, 0.5) is 28.0 Å². The smallest absolute Gasteiger partial charge is 0.361 e. The number of carbonyl (C=O) groups excluding carboxylic acids is 3. The number of alkyl halides is 3. The van der Waals surface area contributed by atoms with Gasteiger partial charge in [0.05, 0.1) is 24.3 Å². The zero-order chi connectivity index (χ0) is 26.2. The number of rotatable bonds is 2. The third kappa shape index (κ3) is 3.53. The predicted molar refractivity (Wildman–Crippen MR) is 113 cm³/mol. The van der Waals surface area contributed by atoms with Crippen LogP contribution in [0.15, 0.2) is 16.7 Å². The van der Waals surface area contributed by atoms with Crippen LogP contribution in [0, 0.1) is 24.1 Å². The number of benzene rings is 1. The number of hydrogen-bond donors (Lipinski definition) is 2. The van der Waals surface area contributed by atoms with Crippen molar-refractivity contribution in [2.75, 3.05) is 11.4 Å². The molecule has 2 N–H and O–H groups in total. The topological polar surface area (TPSA) is 127 Å². The number of carbonyl (C=O) groups is 3. The van der Waals surface area contributed by atoms with Crippen LogP contribution in [-0.4, -0.2) is 59.0 Å². The van der Waals surface area contributed by atoms with Crippen LogP contribution in [0.3, 0.4) is 0 Å². The van der Waals surface area contributed by atoms with Gasteiger partial charge in [0.25, 0.3) is 0 Å². The maximum Gasteiger partial charge on any atom is 0.416 e. The number of fused-ring (bicyclic) bond motifs is 4. The van der Waals surface area contributed by atoms with Crippen LogP contribution in [0.1, 0.15) is 25.3 Å². The number of ether oxygens (including phenoxy) is 1. The van der Waals surface area contributed by atoms with Gasteiger partial charge in [0.1, 0.15) is 5.82 Å². The first-order valence-corrected chi connectivity index (χ1v) is 11.1. The Balaban J connectivity index is 1.74. The van der Waals surface area contributed by atoms with Gasteiger partial charge in [-0.3, -0.25) is 20.2 Å². The average Bonchev–Trinajstić information content (AvgIpc) is 3.21. The fourth-order valence-electron chi connectivity index (χ4n) is 5.27. The highest BCUT2D eigenvalue weighted by molar-refractivity contribution is 6.20. The van der Waals surface area contributed by atoms with Crippen molar-refractivity contribution >= 4 is 23.5 Å². The normalized spacial score (nSPS) is 25.5. The molecule has 0 saturated carbocycles. The molecule has 0 radical (unpaired) electrons. The standard InChI is InChI=1S/C22H21F4N5O5/c1-8(2)15-16-21(18(32)28-20(34)29-19(21)33)6-10-4-11(17-27-9(3)36-30-17)12(23)5-13(10)31(16)7-14(35-15)22(24,25)26/h4-5,8,14-16H,6-7H2,1-3H3,(H2,28,29,32,33,34)/t14-,15-,16+/m0/s1. The highest BCUT2D eigenvalue weighted by Crippen LogP contribution is 2.50. The van der Waals surface area contributed by atoms with Crippen molar-refractivity contribution in [1.29, 1.82) is 0 Å². The molecule has 2 aromatic rings. The minimum Gasteiger partial charge on any atom is -0.361 e. The maximum atomic E-state index is 15.3. The number of hydrogen-bond acceptors (Lipinski definition) is 8. The lowest BCUT2D eigenvalue weighted by Gasteiger charge is -2.57. The van der Waals surface area contributed by atoms with Crippen molar-refractivity contribution in [1.82, 2.24) is 20.8 Å². The maximum absolute atomic E-state index is 15.3. The van der Waals surface area contributed by atoms with Crippen LogP contribution in [0.25, 0.3) is 11.4 Å². The Morgan fingerprint density at radius 1 is 1.17 bits per heavy atom. The lowest BCUT2D eigenvalue weighted by atomic mass is 9.65. The van der Waals surface area contributed by atoms with E-state index >= 15 is 4.39 Å². The molecule has 1 aromatic carbocycles. The second kappa shape index (κ2) is 7.98. The SMILES string of the molecule is Cc1nc(-c2cc3c(cc2F)N2C[C@@H](C(F)(F)F)O[C@@H](C(C)C)[C@@H]2C2(C3)C(=O)NC(=O)NC2=O)no1. The summed E-state index contributed by atoms with van der Waals surface area (Å²) in [6.07, 6.45) is -8.62. The summed E-state index contributed by atoms with van der Waals surface area (Å²) in [4.78, 5) is 43.7. The number of amides is 4. The van der Waals surface area contributed by atoms with Gasteiger partial charge in [0, 0.05) is 12.6 Å². The second-order valence-corrected chi connectivity index (χ2v) is 9.46. The van der Waals surface area contributed by atoms with Gasteiger partial charge in [-0.15, -0.1) is 0 Å². The molecule has 5 rings (SSSR count). The molecule has 0 bridgehead atoms. The van der Waals surface area contributed by atoms with E-state index in [0.29, 0.717) is 0 Å². The number of halogens is 4. The quantitative estimate of drug-likeness (QED) is 0.465. The van der Waals surface area contributed by atoms with Crippen molar-refractivity contribution in [3.63, 3.8) is 0 Å². The Morgan fingerprint density at radius 3 is 2.39 bits per heavy atom. The van der Waals surface area contributed by atoms with E-state index in [4.69, 9.17) is 9.26 Å². The van der Waals surface area contributed by atoms with E-state index in [1.807, 2.05) is 0 Å². The van der Waals surface area contributed by atoms with Gasteiger partial charge < -0.3 is 14.2 Å². The van der Waals surface area contributed by atoms with Crippen molar-refractivity contribution in [3.8, 4) is 11.4 Å². The summed E-state index contributed by atoms with van der Waals surface area (Å²) in [5, 5.41) is 7.83. The first kappa shape index (κ1) is 24.2. The van der Waals surface area contributed by atoms with Crippen LogP contribution in [0.2, 0.25) is 0 Å². The molecule has 3 aliphatic heterocycles. The molecule has 10 nitrogen and oxygen atoms in total. The molecular formula is C22H21F4N5O5. The number of nitrogens with one attached hydrogen (secondary N) is 2. The number of anilines is 1. The first-order chi connectivity index (χ1) is 16.8. The highest BCUT2D eigenvalue weighted by atomic mass is 19.4. The lowest BCUT2D eigenvalue weighted by molar-refractivity contribution is -0.250. The van der Waals surface area contributed by atoms with E-state index in [9.17, 15) is 27.6 Å². The number of aromatic nitrogens is 2. The molecule has 4 amide bonds. The van der Waals surface area contributed by atoms with Crippen LogP contribution >= 0.6 is 0 Å². The molecule has 0 unspecified atom stereocenters. The molecule has 3 aliphatic rings. The zero-order valence-corrected chi connectivity index (χ0v) is 19.3. The van der Waals surface area contributed by atoms with Crippen LogP contribution in [0.5, 0.6) is 0 Å². The lowest BCUT2D eigenvalue weighted by Crippen LogP contribution is -2.76. The second-order valence-electron chi connectivity index (χ2n) is 9.46. The van der Waals surface area contributed by atoms with E-state index in [0.717, 1.165) is 6.07 Å². The Morgan fingerprint density at radius 2 is 1.83 bits per heavy atom.